The number of anilines is 1. The van der Waals surface area contributed by atoms with Crippen molar-refractivity contribution in [1.29, 1.82) is 0 Å². The van der Waals surface area contributed by atoms with E-state index < -0.39 is 11.9 Å². The third kappa shape index (κ3) is 2.36. The van der Waals surface area contributed by atoms with E-state index in [2.05, 4.69) is 5.32 Å². The van der Waals surface area contributed by atoms with E-state index in [0.717, 1.165) is 12.0 Å². The molecule has 1 aromatic carbocycles. The molecule has 1 aliphatic rings. The van der Waals surface area contributed by atoms with Gasteiger partial charge in [0.1, 0.15) is 6.04 Å². The first-order valence-electron chi connectivity index (χ1n) is 6.52. The van der Waals surface area contributed by atoms with Crippen LogP contribution in [0.25, 0.3) is 0 Å². The van der Waals surface area contributed by atoms with Gasteiger partial charge in [-0.05, 0) is 18.6 Å². The molecule has 1 aliphatic heterocycles. The van der Waals surface area contributed by atoms with Crippen LogP contribution < -0.4 is 11.1 Å². The molecule has 3 amide bonds. The maximum absolute atomic E-state index is 12.4. The Balaban J connectivity index is 2.29. The standard InChI is InChI=1S/C14H17N3O3/c1-2-4-12(13(19)16-8-18)17-7-10-9(14(17)20)5-3-6-11(10)15/h3,5-6,8,12H,2,4,7,15H2,1H3,(H,16,18,19). The average Bonchev–Trinajstić information content (AvgIpc) is 2.75. The van der Waals surface area contributed by atoms with Crippen molar-refractivity contribution in [3.63, 3.8) is 0 Å². The van der Waals surface area contributed by atoms with E-state index in [-0.39, 0.29) is 5.91 Å². The van der Waals surface area contributed by atoms with Gasteiger partial charge in [-0.15, -0.1) is 0 Å². The van der Waals surface area contributed by atoms with Gasteiger partial charge < -0.3 is 10.6 Å². The van der Waals surface area contributed by atoms with E-state index in [0.29, 0.717) is 30.6 Å². The molecule has 0 spiro atoms. The molecule has 0 saturated heterocycles. The third-order valence-corrected chi connectivity index (χ3v) is 3.47. The van der Waals surface area contributed by atoms with Crippen LogP contribution in [0, 0.1) is 0 Å². The molecule has 0 aliphatic carbocycles. The molecule has 3 N–H and O–H groups in total. The maximum atomic E-state index is 12.4. The quantitative estimate of drug-likeness (QED) is 0.610. The van der Waals surface area contributed by atoms with Gasteiger partial charge in [-0.1, -0.05) is 19.4 Å². The topological polar surface area (TPSA) is 92.5 Å². The van der Waals surface area contributed by atoms with Crippen molar-refractivity contribution in [1.82, 2.24) is 10.2 Å². The second-order valence-electron chi connectivity index (χ2n) is 4.74. The van der Waals surface area contributed by atoms with Crippen LogP contribution in [0.5, 0.6) is 0 Å². The summed E-state index contributed by atoms with van der Waals surface area (Å²) in [5, 5.41) is 2.12. The Morgan fingerprint density at radius 3 is 2.90 bits per heavy atom. The summed E-state index contributed by atoms with van der Waals surface area (Å²) in [5.74, 6) is -0.673. The number of carbonyl (C=O) groups excluding carboxylic acids is 3. The van der Waals surface area contributed by atoms with E-state index in [9.17, 15) is 14.4 Å². The second kappa shape index (κ2) is 5.73. The van der Waals surface area contributed by atoms with Crippen molar-refractivity contribution >= 4 is 23.9 Å². The number of benzene rings is 1. The Bertz CT molecular complexity index is 557. The summed E-state index contributed by atoms with van der Waals surface area (Å²) >= 11 is 0. The average molecular weight is 275 g/mol. The molecule has 0 saturated carbocycles. The number of rotatable bonds is 5. The van der Waals surface area contributed by atoms with Crippen LogP contribution >= 0.6 is 0 Å². The fraction of sp³-hybridized carbons (Fsp3) is 0.357. The van der Waals surface area contributed by atoms with Crippen LogP contribution in [0.4, 0.5) is 5.69 Å². The van der Waals surface area contributed by atoms with Crippen LogP contribution in [0.15, 0.2) is 18.2 Å². The highest BCUT2D eigenvalue weighted by Crippen LogP contribution is 2.29. The number of hydrogen-bond acceptors (Lipinski definition) is 4. The molecular formula is C14H17N3O3. The summed E-state index contributed by atoms with van der Waals surface area (Å²) in [6.45, 7) is 2.22. The predicted molar refractivity (Wildman–Crippen MR) is 73.6 cm³/mol. The Morgan fingerprint density at radius 1 is 1.55 bits per heavy atom. The van der Waals surface area contributed by atoms with Gasteiger partial charge in [0.2, 0.25) is 12.3 Å². The molecule has 1 heterocycles. The number of hydrogen-bond donors (Lipinski definition) is 2. The van der Waals surface area contributed by atoms with Crippen LogP contribution in [0.3, 0.4) is 0 Å². The van der Waals surface area contributed by atoms with E-state index >= 15 is 0 Å². The molecule has 2 rings (SSSR count). The second-order valence-corrected chi connectivity index (χ2v) is 4.74. The number of nitrogens with zero attached hydrogens (tertiary/aromatic N) is 1. The Hall–Kier alpha value is -2.37. The number of nitrogens with one attached hydrogen (secondary N) is 1. The lowest BCUT2D eigenvalue weighted by molar-refractivity contribution is -0.129. The zero-order valence-electron chi connectivity index (χ0n) is 11.3. The number of amides is 3. The summed E-state index contributed by atoms with van der Waals surface area (Å²) in [5.41, 5.74) is 7.70. The first-order valence-corrected chi connectivity index (χ1v) is 6.52. The lowest BCUT2D eigenvalue weighted by Crippen LogP contribution is -2.46. The molecule has 1 unspecified atom stereocenters. The van der Waals surface area contributed by atoms with Crippen molar-refractivity contribution in [2.75, 3.05) is 5.73 Å². The molecule has 0 aromatic heterocycles. The first kappa shape index (κ1) is 14.0. The number of carbonyl (C=O) groups is 3. The Labute approximate surface area is 116 Å². The van der Waals surface area contributed by atoms with Crippen LogP contribution in [-0.2, 0) is 16.1 Å². The zero-order valence-corrected chi connectivity index (χ0v) is 11.3. The Morgan fingerprint density at radius 2 is 2.30 bits per heavy atom. The molecule has 0 radical (unpaired) electrons. The summed E-state index contributed by atoms with van der Waals surface area (Å²) in [7, 11) is 0. The van der Waals surface area contributed by atoms with Gasteiger partial charge in [0.25, 0.3) is 5.91 Å². The van der Waals surface area contributed by atoms with Crippen molar-refractivity contribution in [2.24, 2.45) is 0 Å². The summed E-state index contributed by atoms with van der Waals surface area (Å²) in [6.07, 6.45) is 1.57. The largest absolute Gasteiger partial charge is 0.398 e. The van der Waals surface area contributed by atoms with E-state index in [1.165, 1.54) is 4.90 Å². The van der Waals surface area contributed by atoms with E-state index in [1.807, 2.05) is 6.92 Å². The number of fused-ring (bicyclic) bond motifs is 1. The van der Waals surface area contributed by atoms with Gasteiger partial charge in [-0.25, -0.2) is 0 Å². The van der Waals surface area contributed by atoms with Crippen molar-refractivity contribution in [3.05, 3.63) is 29.3 Å². The smallest absolute Gasteiger partial charge is 0.255 e. The van der Waals surface area contributed by atoms with Gasteiger partial charge in [-0.2, -0.15) is 0 Å². The zero-order chi connectivity index (χ0) is 14.7. The fourth-order valence-electron chi connectivity index (χ4n) is 2.49. The van der Waals surface area contributed by atoms with Crippen molar-refractivity contribution in [3.8, 4) is 0 Å². The van der Waals surface area contributed by atoms with Crippen molar-refractivity contribution < 1.29 is 14.4 Å². The monoisotopic (exact) mass is 275 g/mol. The third-order valence-electron chi connectivity index (χ3n) is 3.47. The molecular weight excluding hydrogens is 258 g/mol. The summed E-state index contributed by atoms with van der Waals surface area (Å²) in [6, 6.07) is 4.50. The minimum absolute atomic E-state index is 0.216. The lowest BCUT2D eigenvalue weighted by Gasteiger charge is -2.25. The molecule has 0 bridgehead atoms. The number of nitrogens with two attached hydrogens (primary N) is 1. The van der Waals surface area contributed by atoms with Gasteiger partial charge in [0.05, 0.1) is 0 Å². The highest BCUT2D eigenvalue weighted by molar-refractivity contribution is 6.03. The first-order chi connectivity index (χ1) is 9.60. The van der Waals surface area contributed by atoms with Crippen LogP contribution in [0.1, 0.15) is 35.7 Å². The van der Waals surface area contributed by atoms with Gasteiger partial charge in [0, 0.05) is 23.4 Å². The molecule has 1 atom stereocenters. The highest BCUT2D eigenvalue weighted by atomic mass is 16.2. The SMILES string of the molecule is CCCC(C(=O)NC=O)N1Cc2c(N)cccc2C1=O. The highest BCUT2D eigenvalue weighted by Gasteiger charge is 2.36. The van der Waals surface area contributed by atoms with Gasteiger partial charge in [-0.3, -0.25) is 19.7 Å². The molecule has 106 valence electrons. The predicted octanol–water partition coefficient (Wildman–Crippen LogP) is 0.666. The molecule has 6 heteroatoms. The van der Waals surface area contributed by atoms with Crippen molar-refractivity contribution in [2.45, 2.75) is 32.4 Å². The minimum Gasteiger partial charge on any atom is -0.398 e. The molecule has 1 aromatic rings. The summed E-state index contributed by atoms with van der Waals surface area (Å²) < 4.78 is 0. The maximum Gasteiger partial charge on any atom is 0.255 e. The summed E-state index contributed by atoms with van der Waals surface area (Å²) in [4.78, 5) is 36.2. The van der Waals surface area contributed by atoms with Gasteiger partial charge >= 0.3 is 0 Å². The number of nitrogen functional groups attached to an aromatic ring is 1. The minimum atomic E-state index is -0.649. The van der Waals surface area contributed by atoms with E-state index in [1.54, 1.807) is 18.2 Å². The molecule has 0 fully saturated rings. The van der Waals surface area contributed by atoms with Gasteiger partial charge in [0.15, 0.2) is 0 Å². The van der Waals surface area contributed by atoms with E-state index in [4.69, 9.17) is 5.73 Å². The molecule has 20 heavy (non-hydrogen) atoms. The normalized spacial score (nSPS) is 14.8. The lowest BCUT2D eigenvalue weighted by atomic mass is 10.1. The van der Waals surface area contributed by atoms with Crippen LogP contribution in [0.2, 0.25) is 0 Å². The van der Waals surface area contributed by atoms with Crippen LogP contribution in [-0.4, -0.2) is 29.2 Å². The molecule has 6 nitrogen and oxygen atoms in total. The number of imide groups is 1. The fourth-order valence-corrected chi connectivity index (χ4v) is 2.49. The Kier molecular flexibility index (Phi) is 4.02.